The zero-order valence-corrected chi connectivity index (χ0v) is 8.33. The van der Waals surface area contributed by atoms with Crippen LogP contribution in [-0.4, -0.2) is 4.98 Å². The van der Waals surface area contributed by atoms with Crippen molar-refractivity contribution in [2.24, 2.45) is 0 Å². The van der Waals surface area contributed by atoms with Gasteiger partial charge in [-0.2, -0.15) is 0 Å². The van der Waals surface area contributed by atoms with Crippen molar-refractivity contribution in [2.45, 2.75) is 6.61 Å². The first-order valence-electron chi connectivity index (χ1n) is 4.21. The summed E-state index contributed by atoms with van der Waals surface area (Å²) in [4.78, 5) is 5.13. The van der Waals surface area contributed by atoms with Crippen LogP contribution in [0.3, 0.4) is 0 Å². The third-order valence-corrected chi connectivity index (χ3v) is 2.57. The Morgan fingerprint density at radius 3 is 2.93 bits per heavy atom. The van der Waals surface area contributed by atoms with Gasteiger partial charge < -0.3 is 10.5 Å². The topological polar surface area (TPSA) is 48.1 Å². The Labute approximate surface area is 86.2 Å². The van der Waals surface area contributed by atoms with Crippen LogP contribution < -0.4 is 10.5 Å². The summed E-state index contributed by atoms with van der Waals surface area (Å²) >= 11 is 1.68. The van der Waals surface area contributed by atoms with Gasteiger partial charge in [-0.3, -0.25) is 0 Å². The highest BCUT2D eigenvalue weighted by Crippen LogP contribution is 2.14. The number of rotatable bonds is 3. The van der Waals surface area contributed by atoms with Gasteiger partial charge in [-0.05, 0) is 23.6 Å². The van der Waals surface area contributed by atoms with E-state index in [4.69, 9.17) is 10.5 Å². The van der Waals surface area contributed by atoms with Gasteiger partial charge in [-0.1, -0.05) is 6.07 Å². The molecule has 4 heteroatoms. The molecule has 2 aromatic heterocycles. The van der Waals surface area contributed by atoms with Gasteiger partial charge >= 0.3 is 0 Å². The normalized spacial score (nSPS) is 10.0. The molecule has 0 aliphatic carbocycles. The van der Waals surface area contributed by atoms with Crippen molar-refractivity contribution in [1.29, 1.82) is 0 Å². The largest absolute Gasteiger partial charge is 0.486 e. The van der Waals surface area contributed by atoms with Crippen molar-refractivity contribution in [2.75, 3.05) is 5.73 Å². The maximum absolute atomic E-state index is 5.50. The molecule has 0 aliphatic rings. The van der Waals surface area contributed by atoms with Gasteiger partial charge in [0.05, 0.1) is 6.20 Å². The molecule has 2 N–H and O–H groups in total. The van der Waals surface area contributed by atoms with Crippen LogP contribution in [0.15, 0.2) is 35.8 Å². The van der Waals surface area contributed by atoms with Gasteiger partial charge in [-0.15, -0.1) is 11.3 Å². The average Bonchev–Trinajstić information content (AvgIpc) is 2.70. The van der Waals surface area contributed by atoms with Crippen LogP contribution in [0.2, 0.25) is 0 Å². The van der Waals surface area contributed by atoms with E-state index in [0.717, 1.165) is 5.75 Å². The van der Waals surface area contributed by atoms with Gasteiger partial charge in [0.1, 0.15) is 18.2 Å². The molecule has 0 fully saturated rings. The Balaban J connectivity index is 1.95. The monoisotopic (exact) mass is 206 g/mol. The number of nitrogen functional groups attached to an aromatic ring is 1. The zero-order chi connectivity index (χ0) is 9.80. The lowest BCUT2D eigenvalue weighted by molar-refractivity contribution is 0.308. The van der Waals surface area contributed by atoms with Crippen molar-refractivity contribution in [3.63, 3.8) is 0 Å². The molecule has 3 nitrogen and oxygen atoms in total. The summed E-state index contributed by atoms with van der Waals surface area (Å²) in [5.74, 6) is 1.25. The first kappa shape index (κ1) is 9.02. The van der Waals surface area contributed by atoms with Gasteiger partial charge in [0.25, 0.3) is 0 Å². The van der Waals surface area contributed by atoms with Crippen LogP contribution in [0, 0.1) is 0 Å². The van der Waals surface area contributed by atoms with E-state index >= 15 is 0 Å². The van der Waals surface area contributed by atoms with Crippen LogP contribution >= 0.6 is 11.3 Å². The van der Waals surface area contributed by atoms with Crippen molar-refractivity contribution in [3.05, 3.63) is 40.7 Å². The van der Waals surface area contributed by atoms with E-state index in [-0.39, 0.29) is 0 Å². The van der Waals surface area contributed by atoms with Crippen molar-refractivity contribution in [1.82, 2.24) is 4.98 Å². The van der Waals surface area contributed by atoms with E-state index in [9.17, 15) is 0 Å². The average molecular weight is 206 g/mol. The Bertz CT molecular complexity index is 383. The summed E-state index contributed by atoms with van der Waals surface area (Å²) in [7, 11) is 0. The van der Waals surface area contributed by atoms with E-state index in [1.165, 1.54) is 4.88 Å². The Morgan fingerprint density at radius 2 is 2.29 bits per heavy atom. The Kier molecular flexibility index (Phi) is 2.65. The van der Waals surface area contributed by atoms with E-state index < -0.39 is 0 Å². The minimum absolute atomic E-state index is 0.508. The smallest absolute Gasteiger partial charge is 0.138 e. The predicted octanol–water partition coefficient (Wildman–Crippen LogP) is 2.30. The summed E-state index contributed by atoms with van der Waals surface area (Å²) in [6.07, 6.45) is 1.63. The molecule has 14 heavy (non-hydrogen) atoms. The van der Waals surface area contributed by atoms with Crippen LogP contribution in [0.1, 0.15) is 4.88 Å². The van der Waals surface area contributed by atoms with Gasteiger partial charge in [0.2, 0.25) is 0 Å². The van der Waals surface area contributed by atoms with E-state index in [2.05, 4.69) is 4.98 Å². The number of thiophene rings is 1. The maximum atomic E-state index is 5.50. The first-order chi connectivity index (χ1) is 6.84. The molecule has 0 bridgehead atoms. The van der Waals surface area contributed by atoms with Crippen LogP contribution in [-0.2, 0) is 6.61 Å². The van der Waals surface area contributed by atoms with Crippen LogP contribution in [0.4, 0.5) is 5.82 Å². The molecule has 0 aromatic carbocycles. The molecule has 0 radical (unpaired) electrons. The fourth-order valence-corrected chi connectivity index (χ4v) is 1.64. The number of aromatic nitrogens is 1. The molecule has 0 unspecified atom stereocenters. The fraction of sp³-hybridized carbons (Fsp3) is 0.100. The van der Waals surface area contributed by atoms with Gasteiger partial charge in [-0.25, -0.2) is 4.98 Å². The van der Waals surface area contributed by atoms with E-state index in [0.29, 0.717) is 12.4 Å². The van der Waals surface area contributed by atoms with Crippen molar-refractivity contribution < 1.29 is 4.74 Å². The summed E-state index contributed by atoms with van der Waals surface area (Å²) in [5, 5.41) is 2.03. The van der Waals surface area contributed by atoms with Gasteiger partial charge in [0, 0.05) is 4.88 Å². The third-order valence-electron chi connectivity index (χ3n) is 1.72. The number of ether oxygens (including phenoxy) is 1. The second-order valence-electron chi connectivity index (χ2n) is 2.79. The molecule has 2 rings (SSSR count). The van der Waals surface area contributed by atoms with Crippen molar-refractivity contribution >= 4 is 17.2 Å². The number of hydrogen-bond donors (Lipinski definition) is 1. The first-order valence-corrected chi connectivity index (χ1v) is 5.09. The molecule has 0 aliphatic heterocycles. The minimum atomic E-state index is 0.508. The maximum Gasteiger partial charge on any atom is 0.138 e. The number of nitrogens with two attached hydrogens (primary N) is 1. The quantitative estimate of drug-likeness (QED) is 0.838. The minimum Gasteiger partial charge on any atom is -0.486 e. The summed E-state index contributed by atoms with van der Waals surface area (Å²) in [6.45, 7) is 0.587. The SMILES string of the molecule is Nc1ccc(OCc2cccs2)cn1. The molecular weight excluding hydrogens is 196 g/mol. The summed E-state index contributed by atoms with van der Waals surface area (Å²) < 4.78 is 5.50. The molecule has 72 valence electrons. The lowest BCUT2D eigenvalue weighted by Crippen LogP contribution is -1.94. The molecule has 2 heterocycles. The molecule has 0 atom stereocenters. The molecule has 0 saturated carbocycles. The van der Waals surface area contributed by atoms with Crippen molar-refractivity contribution in [3.8, 4) is 5.75 Å². The number of pyridine rings is 1. The van der Waals surface area contributed by atoms with Gasteiger partial charge in [0.15, 0.2) is 0 Å². The predicted molar refractivity (Wildman–Crippen MR) is 57.3 cm³/mol. The van der Waals surface area contributed by atoms with E-state index in [1.807, 2.05) is 23.6 Å². The van der Waals surface area contributed by atoms with E-state index in [1.54, 1.807) is 23.6 Å². The van der Waals surface area contributed by atoms with Crippen LogP contribution in [0.25, 0.3) is 0 Å². The third kappa shape index (κ3) is 2.23. The molecule has 0 spiro atoms. The Hall–Kier alpha value is -1.55. The second kappa shape index (κ2) is 4.11. The lowest BCUT2D eigenvalue weighted by atomic mass is 10.4. The highest BCUT2D eigenvalue weighted by atomic mass is 32.1. The molecular formula is C10H10N2OS. The highest BCUT2D eigenvalue weighted by Gasteiger charge is 1.96. The summed E-state index contributed by atoms with van der Waals surface area (Å²) in [5.41, 5.74) is 5.45. The molecule has 2 aromatic rings. The Morgan fingerprint density at radius 1 is 1.36 bits per heavy atom. The fourth-order valence-electron chi connectivity index (χ4n) is 1.03. The second-order valence-corrected chi connectivity index (χ2v) is 3.82. The standard InChI is InChI=1S/C10H10N2OS/c11-10-4-3-8(6-12-10)13-7-9-2-1-5-14-9/h1-6H,7H2,(H2,11,12). The van der Waals surface area contributed by atoms with Crippen LogP contribution in [0.5, 0.6) is 5.75 Å². The zero-order valence-electron chi connectivity index (χ0n) is 7.51. The molecule has 0 amide bonds. The number of anilines is 1. The molecule has 0 saturated heterocycles. The summed E-state index contributed by atoms with van der Waals surface area (Å²) in [6, 6.07) is 7.58. The lowest BCUT2D eigenvalue weighted by Gasteiger charge is -2.03. The highest BCUT2D eigenvalue weighted by molar-refractivity contribution is 7.09. The number of nitrogens with zero attached hydrogens (tertiary/aromatic N) is 1. The number of hydrogen-bond acceptors (Lipinski definition) is 4.